The second kappa shape index (κ2) is 9.96. The fourth-order valence-corrected chi connectivity index (χ4v) is 2.17. The summed E-state index contributed by atoms with van der Waals surface area (Å²) in [5, 5.41) is 2.64. The van der Waals surface area contributed by atoms with Crippen molar-refractivity contribution in [2.45, 2.75) is 6.54 Å². The van der Waals surface area contributed by atoms with Crippen LogP contribution in [-0.4, -0.2) is 32.7 Å². The molecule has 0 radical (unpaired) electrons. The van der Waals surface area contributed by atoms with E-state index in [1.165, 1.54) is 25.3 Å². The van der Waals surface area contributed by atoms with Crippen LogP contribution in [0.4, 0.5) is 4.39 Å². The first kappa shape index (κ1) is 20.0. The van der Waals surface area contributed by atoms with Crippen LogP contribution >= 0.6 is 0 Å². The van der Waals surface area contributed by atoms with Crippen LogP contribution in [0.3, 0.4) is 0 Å². The Morgan fingerprint density at radius 1 is 1.11 bits per heavy atom. The highest BCUT2D eigenvalue weighted by Gasteiger charge is 2.06. The zero-order chi connectivity index (χ0) is 19.6. The Bertz CT molecular complexity index is 835. The van der Waals surface area contributed by atoms with Gasteiger partial charge in [-0.25, -0.2) is 9.18 Å². The minimum Gasteiger partial charge on any atom is -0.497 e. The predicted molar refractivity (Wildman–Crippen MR) is 97.8 cm³/mol. The largest absolute Gasteiger partial charge is 0.497 e. The van der Waals surface area contributed by atoms with Crippen molar-refractivity contribution in [3.63, 3.8) is 0 Å². The van der Waals surface area contributed by atoms with Crippen LogP contribution in [0.2, 0.25) is 0 Å². The lowest BCUT2D eigenvalue weighted by Gasteiger charge is -2.07. The number of methoxy groups -OCH3 is 2. The number of hydrogen-bond acceptors (Lipinski definition) is 5. The Labute approximate surface area is 156 Å². The van der Waals surface area contributed by atoms with Crippen molar-refractivity contribution in [2.24, 2.45) is 0 Å². The number of amides is 1. The molecular weight excluding hydrogens is 353 g/mol. The van der Waals surface area contributed by atoms with E-state index in [9.17, 15) is 14.0 Å². The van der Waals surface area contributed by atoms with Crippen LogP contribution in [0.15, 0.2) is 48.5 Å². The number of rotatable bonds is 8. The van der Waals surface area contributed by atoms with Gasteiger partial charge in [-0.05, 0) is 41.5 Å². The van der Waals surface area contributed by atoms with Gasteiger partial charge in [-0.3, -0.25) is 4.79 Å². The van der Waals surface area contributed by atoms with Crippen LogP contribution in [0.5, 0.6) is 11.5 Å². The smallest absolute Gasteiger partial charge is 0.331 e. The van der Waals surface area contributed by atoms with Crippen molar-refractivity contribution >= 4 is 18.0 Å². The van der Waals surface area contributed by atoms with Crippen LogP contribution in [-0.2, 0) is 20.9 Å². The second-order valence-corrected chi connectivity index (χ2v) is 5.46. The molecule has 2 aromatic rings. The Kier molecular flexibility index (Phi) is 7.37. The minimum absolute atomic E-state index is 0.113. The van der Waals surface area contributed by atoms with Gasteiger partial charge in [0.15, 0.2) is 18.2 Å². The van der Waals surface area contributed by atoms with Crippen molar-refractivity contribution in [3.05, 3.63) is 65.5 Å². The highest BCUT2D eigenvalue weighted by molar-refractivity contribution is 5.89. The number of carbonyl (C=O) groups is 2. The van der Waals surface area contributed by atoms with Crippen LogP contribution in [0, 0.1) is 5.82 Å². The molecule has 0 spiro atoms. The molecule has 27 heavy (non-hydrogen) atoms. The summed E-state index contributed by atoms with van der Waals surface area (Å²) in [7, 11) is 2.93. The first-order valence-corrected chi connectivity index (χ1v) is 8.10. The van der Waals surface area contributed by atoms with Gasteiger partial charge in [0.2, 0.25) is 0 Å². The average molecular weight is 373 g/mol. The number of carbonyl (C=O) groups excluding carboxylic acids is 2. The number of halogens is 1. The monoisotopic (exact) mass is 373 g/mol. The van der Waals surface area contributed by atoms with E-state index in [0.29, 0.717) is 11.3 Å². The third-order valence-corrected chi connectivity index (χ3v) is 3.56. The number of esters is 1. The lowest BCUT2D eigenvalue weighted by Crippen LogP contribution is -2.28. The number of benzene rings is 2. The first-order valence-electron chi connectivity index (χ1n) is 8.10. The maximum absolute atomic E-state index is 13.6. The molecule has 1 N–H and O–H groups in total. The maximum atomic E-state index is 13.6. The topological polar surface area (TPSA) is 73.9 Å². The summed E-state index contributed by atoms with van der Waals surface area (Å²) in [4.78, 5) is 23.4. The van der Waals surface area contributed by atoms with E-state index < -0.39 is 24.3 Å². The molecule has 142 valence electrons. The molecule has 0 atom stereocenters. The summed E-state index contributed by atoms with van der Waals surface area (Å²) in [6.07, 6.45) is 2.51. The zero-order valence-corrected chi connectivity index (χ0v) is 15.0. The predicted octanol–water partition coefficient (Wildman–Crippen LogP) is 2.72. The third kappa shape index (κ3) is 6.47. The molecule has 0 bridgehead atoms. The van der Waals surface area contributed by atoms with Crippen molar-refractivity contribution in [1.82, 2.24) is 5.32 Å². The number of hydrogen-bond donors (Lipinski definition) is 1. The van der Waals surface area contributed by atoms with E-state index in [1.54, 1.807) is 25.3 Å². The summed E-state index contributed by atoms with van der Waals surface area (Å²) < 4.78 is 28.3. The van der Waals surface area contributed by atoms with Gasteiger partial charge in [0.25, 0.3) is 5.91 Å². The minimum atomic E-state index is -0.706. The first-order chi connectivity index (χ1) is 13.0. The molecule has 0 heterocycles. The molecule has 0 unspecified atom stereocenters. The van der Waals surface area contributed by atoms with Gasteiger partial charge < -0.3 is 19.5 Å². The van der Waals surface area contributed by atoms with Gasteiger partial charge in [0, 0.05) is 12.6 Å². The molecule has 7 heteroatoms. The fourth-order valence-electron chi connectivity index (χ4n) is 2.17. The summed E-state index contributed by atoms with van der Waals surface area (Å²) >= 11 is 0. The maximum Gasteiger partial charge on any atom is 0.331 e. The molecule has 0 saturated carbocycles. The van der Waals surface area contributed by atoms with E-state index in [-0.39, 0.29) is 12.3 Å². The normalized spacial score (nSPS) is 10.5. The van der Waals surface area contributed by atoms with Crippen molar-refractivity contribution in [3.8, 4) is 11.5 Å². The SMILES string of the molecule is COc1cccc(CNC(=O)COC(=O)/C=C/c2ccc(OC)c(F)c2)c1. The van der Waals surface area contributed by atoms with E-state index >= 15 is 0 Å². The van der Waals surface area contributed by atoms with E-state index in [1.807, 2.05) is 12.1 Å². The van der Waals surface area contributed by atoms with Gasteiger partial charge in [-0.2, -0.15) is 0 Å². The van der Waals surface area contributed by atoms with Crippen molar-refractivity contribution < 1.29 is 28.2 Å². The van der Waals surface area contributed by atoms with Gasteiger partial charge in [0.1, 0.15) is 5.75 Å². The standard InChI is InChI=1S/C20H20FNO5/c1-25-16-5-3-4-15(10-16)12-22-19(23)13-27-20(24)9-7-14-6-8-18(26-2)17(21)11-14/h3-11H,12-13H2,1-2H3,(H,22,23)/b9-7+. The summed E-state index contributed by atoms with van der Waals surface area (Å²) in [5.74, 6) is -0.876. The lowest BCUT2D eigenvalue weighted by molar-refractivity contribution is -0.143. The molecule has 0 saturated heterocycles. The fraction of sp³-hybridized carbons (Fsp3) is 0.200. The van der Waals surface area contributed by atoms with E-state index in [4.69, 9.17) is 14.2 Å². The molecule has 0 aliphatic carbocycles. The number of ether oxygens (including phenoxy) is 3. The summed E-state index contributed by atoms with van der Waals surface area (Å²) in [5.41, 5.74) is 1.32. The Morgan fingerprint density at radius 3 is 2.63 bits per heavy atom. The summed E-state index contributed by atoms with van der Waals surface area (Å²) in [6, 6.07) is 11.5. The second-order valence-electron chi connectivity index (χ2n) is 5.46. The highest BCUT2D eigenvalue weighted by Crippen LogP contribution is 2.18. The third-order valence-electron chi connectivity index (χ3n) is 3.56. The molecule has 0 aromatic heterocycles. The molecule has 1 amide bonds. The van der Waals surface area contributed by atoms with E-state index in [2.05, 4.69) is 5.32 Å². The van der Waals surface area contributed by atoms with Crippen molar-refractivity contribution in [2.75, 3.05) is 20.8 Å². The average Bonchev–Trinajstić information content (AvgIpc) is 2.69. The Morgan fingerprint density at radius 2 is 1.93 bits per heavy atom. The highest BCUT2D eigenvalue weighted by atomic mass is 19.1. The van der Waals surface area contributed by atoms with Crippen LogP contribution in [0.1, 0.15) is 11.1 Å². The van der Waals surface area contributed by atoms with E-state index in [0.717, 1.165) is 11.6 Å². The van der Waals surface area contributed by atoms with Gasteiger partial charge in [0.05, 0.1) is 14.2 Å². The molecule has 0 fully saturated rings. The van der Waals surface area contributed by atoms with Crippen molar-refractivity contribution in [1.29, 1.82) is 0 Å². The Hall–Kier alpha value is -3.35. The van der Waals surface area contributed by atoms with Crippen LogP contribution in [0.25, 0.3) is 6.08 Å². The van der Waals surface area contributed by atoms with Gasteiger partial charge in [-0.15, -0.1) is 0 Å². The molecule has 6 nitrogen and oxygen atoms in total. The zero-order valence-electron chi connectivity index (χ0n) is 15.0. The molecule has 2 rings (SSSR count). The summed E-state index contributed by atoms with van der Waals surface area (Å²) in [6.45, 7) is -0.126. The van der Waals surface area contributed by atoms with Crippen LogP contribution < -0.4 is 14.8 Å². The van der Waals surface area contributed by atoms with Gasteiger partial charge >= 0.3 is 5.97 Å². The van der Waals surface area contributed by atoms with Gasteiger partial charge in [-0.1, -0.05) is 18.2 Å². The number of nitrogens with one attached hydrogen (secondary N) is 1. The molecule has 2 aromatic carbocycles. The molecular formula is C20H20FNO5. The molecule has 0 aliphatic rings. The molecule has 0 aliphatic heterocycles. The quantitative estimate of drug-likeness (QED) is 0.569. The lowest BCUT2D eigenvalue weighted by atomic mass is 10.2. The Balaban J connectivity index is 1.77.